The van der Waals surface area contributed by atoms with Crippen molar-refractivity contribution in [3.63, 3.8) is 0 Å². The molecule has 3 rings (SSSR count). The molecule has 0 spiro atoms. The molecule has 2 heterocycles. The summed E-state index contributed by atoms with van der Waals surface area (Å²) in [5, 5.41) is 15.3. The fraction of sp³-hybridized carbons (Fsp3) is 0.467. The molecule has 0 aliphatic carbocycles. The van der Waals surface area contributed by atoms with Gasteiger partial charge in [0, 0.05) is 24.7 Å². The normalized spacial score (nSPS) is 19.2. The number of aryl methyl sites for hydroxylation is 1. The van der Waals surface area contributed by atoms with E-state index >= 15 is 0 Å². The van der Waals surface area contributed by atoms with Gasteiger partial charge in [0.2, 0.25) is 0 Å². The molecule has 7 nitrogen and oxygen atoms in total. The van der Waals surface area contributed by atoms with Crippen LogP contribution in [0.5, 0.6) is 0 Å². The SMILES string of the molecule is Cc1ccc(CN2CCC[C@@H](n3cncn3)C2)cc1[N+](=O)[O-]. The Labute approximate surface area is 128 Å². The Kier molecular flexibility index (Phi) is 4.15. The van der Waals surface area contributed by atoms with Crippen LogP contribution in [0.25, 0.3) is 0 Å². The van der Waals surface area contributed by atoms with Crippen LogP contribution >= 0.6 is 0 Å². The van der Waals surface area contributed by atoms with Crippen LogP contribution in [0.15, 0.2) is 30.9 Å². The van der Waals surface area contributed by atoms with Crippen molar-refractivity contribution in [2.45, 2.75) is 32.4 Å². The monoisotopic (exact) mass is 301 g/mol. The lowest BCUT2D eigenvalue weighted by Crippen LogP contribution is -2.36. The topological polar surface area (TPSA) is 77.1 Å². The predicted octanol–water partition coefficient (Wildman–Crippen LogP) is 2.33. The van der Waals surface area contributed by atoms with E-state index in [1.165, 1.54) is 0 Å². The minimum absolute atomic E-state index is 0.197. The van der Waals surface area contributed by atoms with Crippen molar-refractivity contribution in [2.75, 3.05) is 13.1 Å². The minimum atomic E-state index is -0.312. The fourth-order valence-electron chi connectivity index (χ4n) is 3.00. The van der Waals surface area contributed by atoms with Gasteiger partial charge in [-0.3, -0.25) is 15.0 Å². The molecule has 1 aromatic carbocycles. The van der Waals surface area contributed by atoms with Crippen LogP contribution in [-0.2, 0) is 6.54 Å². The number of hydrogen-bond acceptors (Lipinski definition) is 5. The molecule has 1 saturated heterocycles. The lowest BCUT2D eigenvalue weighted by atomic mass is 10.0. The summed E-state index contributed by atoms with van der Waals surface area (Å²) in [5.74, 6) is 0. The first-order valence-electron chi connectivity index (χ1n) is 7.44. The van der Waals surface area contributed by atoms with Gasteiger partial charge in [-0.15, -0.1) is 0 Å². The van der Waals surface area contributed by atoms with E-state index in [1.807, 2.05) is 16.8 Å². The highest BCUT2D eigenvalue weighted by atomic mass is 16.6. The van der Waals surface area contributed by atoms with Crippen LogP contribution in [0.2, 0.25) is 0 Å². The summed E-state index contributed by atoms with van der Waals surface area (Å²) in [4.78, 5) is 17.1. The summed E-state index contributed by atoms with van der Waals surface area (Å²) in [6, 6.07) is 5.82. The summed E-state index contributed by atoms with van der Waals surface area (Å²) in [7, 11) is 0. The number of benzene rings is 1. The van der Waals surface area contributed by atoms with Gasteiger partial charge in [0.15, 0.2) is 0 Å². The Morgan fingerprint density at radius 3 is 3.05 bits per heavy atom. The molecule has 7 heteroatoms. The maximum absolute atomic E-state index is 11.0. The van der Waals surface area contributed by atoms with Gasteiger partial charge < -0.3 is 0 Å². The van der Waals surface area contributed by atoms with E-state index in [1.54, 1.807) is 25.6 Å². The quantitative estimate of drug-likeness (QED) is 0.640. The molecule has 2 aromatic rings. The first-order chi connectivity index (χ1) is 10.6. The highest BCUT2D eigenvalue weighted by Crippen LogP contribution is 2.24. The van der Waals surface area contributed by atoms with Crippen LogP contribution in [0.1, 0.15) is 30.0 Å². The average molecular weight is 301 g/mol. The molecule has 1 aliphatic rings. The maximum Gasteiger partial charge on any atom is 0.272 e. The van der Waals surface area contributed by atoms with Crippen molar-refractivity contribution in [3.05, 3.63) is 52.1 Å². The van der Waals surface area contributed by atoms with Crippen molar-refractivity contribution in [1.29, 1.82) is 0 Å². The largest absolute Gasteiger partial charge is 0.297 e. The number of piperidine rings is 1. The van der Waals surface area contributed by atoms with Gasteiger partial charge in [-0.05, 0) is 31.9 Å². The summed E-state index contributed by atoms with van der Waals surface area (Å²) >= 11 is 0. The third kappa shape index (κ3) is 3.14. The standard InChI is InChI=1S/C15H19N5O2/c1-12-4-5-13(7-15(12)20(21)22)8-18-6-2-3-14(9-18)19-11-16-10-17-19/h4-5,7,10-11,14H,2-3,6,8-9H2,1H3/t14-/m1/s1. The zero-order valence-corrected chi connectivity index (χ0v) is 12.6. The van der Waals surface area contributed by atoms with Crippen LogP contribution in [0, 0.1) is 17.0 Å². The molecule has 1 fully saturated rings. The van der Waals surface area contributed by atoms with Crippen molar-refractivity contribution in [1.82, 2.24) is 19.7 Å². The smallest absolute Gasteiger partial charge is 0.272 e. The number of nitrogens with zero attached hydrogens (tertiary/aromatic N) is 5. The Hall–Kier alpha value is -2.28. The fourth-order valence-corrected chi connectivity index (χ4v) is 3.00. The number of aromatic nitrogens is 3. The Morgan fingerprint density at radius 1 is 1.45 bits per heavy atom. The molecule has 0 bridgehead atoms. The molecule has 116 valence electrons. The van der Waals surface area contributed by atoms with E-state index in [-0.39, 0.29) is 10.6 Å². The van der Waals surface area contributed by atoms with Gasteiger partial charge in [0.25, 0.3) is 5.69 Å². The van der Waals surface area contributed by atoms with Gasteiger partial charge in [-0.2, -0.15) is 5.10 Å². The second-order valence-corrected chi connectivity index (χ2v) is 5.78. The molecule has 1 aliphatic heterocycles. The first-order valence-corrected chi connectivity index (χ1v) is 7.44. The number of nitro groups is 1. The third-order valence-corrected chi connectivity index (χ3v) is 4.17. The minimum Gasteiger partial charge on any atom is -0.297 e. The zero-order chi connectivity index (χ0) is 15.5. The van der Waals surface area contributed by atoms with Crippen LogP contribution in [-0.4, -0.2) is 37.7 Å². The van der Waals surface area contributed by atoms with Gasteiger partial charge in [0.1, 0.15) is 12.7 Å². The average Bonchev–Trinajstić information content (AvgIpc) is 3.03. The number of hydrogen-bond donors (Lipinski definition) is 0. The molecule has 1 atom stereocenters. The number of rotatable bonds is 4. The van der Waals surface area contributed by atoms with E-state index in [0.717, 1.165) is 38.0 Å². The van der Waals surface area contributed by atoms with E-state index in [0.29, 0.717) is 11.6 Å². The Balaban J connectivity index is 1.70. The van der Waals surface area contributed by atoms with Crippen molar-refractivity contribution >= 4 is 5.69 Å². The van der Waals surface area contributed by atoms with E-state index in [9.17, 15) is 10.1 Å². The molecule has 1 aromatic heterocycles. The highest BCUT2D eigenvalue weighted by Gasteiger charge is 2.22. The van der Waals surface area contributed by atoms with Crippen LogP contribution in [0.4, 0.5) is 5.69 Å². The summed E-state index contributed by atoms with van der Waals surface area (Å²) in [6.07, 6.45) is 5.50. The van der Waals surface area contributed by atoms with E-state index < -0.39 is 0 Å². The van der Waals surface area contributed by atoms with Crippen LogP contribution < -0.4 is 0 Å². The molecule has 0 amide bonds. The molecule has 0 saturated carbocycles. The molecule has 22 heavy (non-hydrogen) atoms. The Morgan fingerprint density at radius 2 is 2.32 bits per heavy atom. The molecular formula is C15H19N5O2. The second kappa shape index (κ2) is 6.23. The third-order valence-electron chi connectivity index (χ3n) is 4.17. The molecule has 0 unspecified atom stereocenters. The van der Waals surface area contributed by atoms with Gasteiger partial charge in [0.05, 0.1) is 11.0 Å². The van der Waals surface area contributed by atoms with Gasteiger partial charge >= 0.3 is 0 Å². The Bertz CT molecular complexity index is 656. The molecule has 0 radical (unpaired) electrons. The second-order valence-electron chi connectivity index (χ2n) is 5.78. The lowest BCUT2D eigenvalue weighted by molar-refractivity contribution is -0.385. The molecule has 0 N–H and O–H groups in total. The van der Waals surface area contributed by atoms with Crippen LogP contribution in [0.3, 0.4) is 0 Å². The highest BCUT2D eigenvalue weighted by molar-refractivity contribution is 5.42. The predicted molar refractivity (Wildman–Crippen MR) is 81.4 cm³/mol. The number of likely N-dealkylation sites (tertiary alicyclic amines) is 1. The van der Waals surface area contributed by atoms with Crippen molar-refractivity contribution in [3.8, 4) is 0 Å². The van der Waals surface area contributed by atoms with Crippen molar-refractivity contribution in [2.24, 2.45) is 0 Å². The lowest BCUT2D eigenvalue weighted by Gasteiger charge is -2.32. The van der Waals surface area contributed by atoms with Gasteiger partial charge in [-0.1, -0.05) is 12.1 Å². The summed E-state index contributed by atoms with van der Waals surface area (Å²) in [5.41, 5.74) is 1.88. The summed E-state index contributed by atoms with van der Waals surface area (Å²) < 4.78 is 1.91. The van der Waals surface area contributed by atoms with Crippen molar-refractivity contribution < 1.29 is 4.92 Å². The number of nitro benzene ring substituents is 1. The van der Waals surface area contributed by atoms with E-state index in [2.05, 4.69) is 15.0 Å². The zero-order valence-electron chi connectivity index (χ0n) is 12.6. The van der Waals surface area contributed by atoms with E-state index in [4.69, 9.17) is 0 Å². The summed E-state index contributed by atoms with van der Waals surface area (Å²) in [6.45, 7) is 4.40. The van der Waals surface area contributed by atoms with Gasteiger partial charge in [-0.25, -0.2) is 9.67 Å². The first kappa shape index (κ1) is 14.6. The maximum atomic E-state index is 11.0. The molecular weight excluding hydrogens is 282 g/mol.